The number of amides is 2. The highest BCUT2D eigenvalue weighted by molar-refractivity contribution is 7.18. The molecule has 26 heavy (non-hydrogen) atoms. The Balaban J connectivity index is 2.50. The summed E-state index contributed by atoms with van der Waals surface area (Å²) in [7, 11) is 0. The number of aromatic nitrogens is 2. The second-order valence-electron chi connectivity index (χ2n) is 6.07. The lowest BCUT2D eigenvalue weighted by Gasteiger charge is -2.20. The summed E-state index contributed by atoms with van der Waals surface area (Å²) in [4.78, 5) is 44.7. The van der Waals surface area contributed by atoms with Crippen LogP contribution in [0.25, 0.3) is 10.2 Å². The van der Waals surface area contributed by atoms with Crippen molar-refractivity contribution >= 4 is 33.4 Å². The van der Waals surface area contributed by atoms with Crippen LogP contribution in [0.3, 0.4) is 0 Å². The van der Waals surface area contributed by atoms with Gasteiger partial charge in [0.2, 0.25) is 5.91 Å². The molecule has 8 nitrogen and oxygen atoms in total. The minimum Gasteiger partial charge on any atom is -0.297 e. The van der Waals surface area contributed by atoms with E-state index in [4.69, 9.17) is 0 Å². The molecule has 0 atom stereocenters. The molecule has 0 saturated heterocycles. The number of rotatable bonds is 6. The average Bonchev–Trinajstić information content (AvgIpc) is 2.88. The SMILES string of the molecule is CCN(CC)Cc1nc2sc(C)c(C)c2c(=O)n1CC(=O)NNC(C)=O. The maximum atomic E-state index is 13.1. The molecule has 0 aliphatic heterocycles. The molecule has 0 aliphatic rings. The summed E-state index contributed by atoms with van der Waals surface area (Å²) in [6.45, 7) is 11.1. The van der Waals surface area contributed by atoms with Gasteiger partial charge in [-0.1, -0.05) is 13.8 Å². The first kappa shape index (κ1) is 20.1. The molecule has 0 aromatic carbocycles. The molecular formula is C17H25N5O3S. The highest BCUT2D eigenvalue weighted by Gasteiger charge is 2.19. The van der Waals surface area contributed by atoms with Crippen LogP contribution >= 0.6 is 11.3 Å². The van der Waals surface area contributed by atoms with Gasteiger partial charge >= 0.3 is 0 Å². The van der Waals surface area contributed by atoms with Crippen LogP contribution in [0.4, 0.5) is 0 Å². The van der Waals surface area contributed by atoms with Crippen molar-refractivity contribution in [3.63, 3.8) is 0 Å². The number of hydrogen-bond acceptors (Lipinski definition) is 6. The van der Waals surface area contributed by atoms with Gasteiger partial charge in [-0.05, 0) is 32.5 Å². The van der Waals surface area contributed by atoms with E-state index in [1.54, 1.807) is 0 Å². The molecule has 0 aliphatic carbocycles. The van der Waals surface area contributed by atoms with Crippen molar-refractivity contribution in [1.29, 1.82) is 0 Å². The van der Waals surface area contributed by atoms with Gasteiger partial charge in [0, 0.05) is 11.8 Å². The van der Waals surface area contributed by atoms with Crippen LogP contribution in [0.5, 0.6) is 0 Å². The van der Waals surface area contributed by atoms with Gasteiger partial charge in [0.25, 0.3) is 11.5 Å². The van der Waals surface area contributed by atoms with Gasteiger partial charge in [0.1, 0.15) is 17.2 Å². The van der Waals surface area contributed by atoms with E-state index in [0.717, 1.165) is 23.5 Å². The number of hydrogen-bond donors (Lipinski definition) is 2. The van der Waals surface area contributed by atoms with Crippen molar-refractivity contribution in [2.45, 2.75) is 47.7 Å². The highest BCUT2D eigenvalue weighted by Crippen LogP contribution is 2.26. The first-order valence-electron chi connectivity index (χ1n) is 8.55. The monoisotopic (exact) mass is 379 g/mol. The smallest absolute Gasteiger partial charge is 0.263 e. The lowest BCUT2D eigenvalue weighted by atomic mass is 10.2. The molecule has 0 fully saturated rings. The number of nitrogens with zero attached hydrogens (tertiary/aromatic N) is 3. The Morgan fingerprint density at radius 3 is 2.42 bits per heavy atom. The first-order chi connectivity index (χ1) is 12.3. The maximum Gasteiger partial charge on any atom is 0.263 e. The zero-order valence-electron chi connectivity index (χ0n) is 15.8. The Labute approximate surface area is 156 Å². The minimum atomic E-state index is -0.478. The molecule has 0 saturated carbocycles. The van der Waals surface area contributed by atoms with Gasteiger partial charge < -0.3 is 0 Å². The van der Waals surface area contributed by atoms with Crippen LogP contribution in [0.1, 0.15) is 37.0 Å². The number of thiophene rings is 1. The number of carbonyl (C=O) groups is 2. The third-order valence-corrected chi connectivity index (χ3v) is 5.41. The lowest BCUT2D eigenvalue weighted by Crippen LogP contribution is -2.44. The van der Waals surface area contributed by atoms with E-state index in [2.05, 4.69) is 20.7 Å². The van der Waals surface area contributed by atoms with Gasteiger partial charge in [-0.25, -0.2) is 4.98 Å². The van der Waals surface area contributed by atoms with Crippen molar-refractivity contribution < 1.29 is 9.59 Å². The molecule has 2 aromatic rings. The average molecular weight is 379 g/mol. The van der Waals surface area contributed by atoms with Crippen LogP contribution in [-0.4, -0.2) is 39.4 Å². The van der Waals surface area contributed by atoms with Crippen LogP contribution in [0.2, 0.25) is 0 Å². The van der Waals surface area contributed by atoms with Crippen LogP contribution in [0.15, 0.2) is 4.79 Å². The van der Waals surface area contributed by atoms with Gasteiger partial charge in [0.15, 0.2) is 0 Å². The van der Waals surface area contributed by atoms with E-state index in [1.165, 1.54) is 22.8 Å². The third-order valence-electron chi connectivity index (χ3n) is 4.31. The lowest BCUT2D eigenvalue weighted by molar-refractivity contribution is -0.128. The van der Waals surface area contributed by atoms with E-state index >= 15 is 0 Å². The number of aryl methyl sites for hydroxylation is 2. The summed E-state index contributed by atoms with van der Waals surface area (Å²) in [5, 5.41) is 0.558. The normalized spacial score (nSPS) is 11.2. The molecule has 0 spiro atoms. The standard InChI is InChI=1S/C17H25N5O3S/c1-6-21(7-2)8-13-18-16-15(10(3)11(4)26-16)17(25)22(13)9-14(24)20-19-12(5)23/h6-9H2,1-5H3,(H,19,23)(H,20,24). The Kier molecular flexibility index (Phi) is 6.49. The zero-order valence-corrected chi connectivity index (χ0v) is 16.6. The first-order valence-corrected chi connectivity index (χ1v) is 9.37. The summed E-state index contributed by atoms with van der Waals surface area (Å²) < 4.78 is 1.40. The van der Waals surface area contributed by atoms with Gasteiger partial charge in [-0.2, -0.15) is 0 Å². The Morgan fingerprint density at radius 1 is 1.19 bits per heavy atom. The molecule has 2 N–H and O–H groups in total. The van der Waals surface area contributed by atoms with Crippen LogP contribution in [0, 0.1) is 13.8 Å². The molecule has 0 radical (unpaired) electrons. The Hall–Kier alpha value is -2.26. The fourth-order valence-corrected chi connectivity index (χ4v) is 3.68. The van der Waals surface area contributed by atoms with Crippen LogP contribution < -0.4 is 16.4 Å². The van der Waals surface area contributed by atoms with Gasteiger partial charge in [-0.3, -0.25) is 34.7 Å². The van der Waals surface area contributed by atoms with Crippen molar-refractivity contribution in [3.05, 3.63) is 26.6 Å². The third kappa shape index (κ3) is 4.28. The molecule has 0 bridgehead atoms. The largest absolute Gasteiger partial charge is 0.297 e. The number of hydrazine groups is 1. The number of nitrogens with one attached hydrogen (secondary N) is 2. The molecule has 2 heterocycles. The molecule has 2 aromatic heterocycles. The van der Waals surface area contributed by atoms with Crippen molar-refractivity contribution in [2.24, 2.45) is 0 Å². The molecule has 2 amide bonds. The molecule has 142 valence electrons. The van der Waals surface area contributed by atoms with E-state index in [9.17, 15) is 14.4 Å². The molecular weight excluding hydrogens is 354 g/mol. The Bertz CT molecular complexity index is 883. The van der Waals surface area contributed by atoms with E-state index in [1.807, 2.05) is 27.7 Å². The zero-order chi connectivity index (χ0) is 19.4. The Morgan fingerprint density at radius 2 is 1.85 bits per heavy atom. The quantitative estimate of drug-likeness (QED) is 0.733. The van der Waals surface area contributed by atoms with E-state index in [0.29, 0.717) is 22.6 Å². The molecule has 9 heteroatoms. The maximum absolute atomic E-state index is 13.1. The minimum absolute atomic E-state index is 0.201. The fourth-order valence-electron chi connectivity index (χ4n) is 2.64. The van der Waals surface area contributed by atoms with E-state index in [-0.39, 0.29) is 18.0 Å². The summed E-state index contributed by atoms with van der Waals surface area (Å²) in [5.41, 5.74) is 5.21. The predicted molar refractivity (Wildman–Crippen MR) is 102 cm³/mol. The van der Waals surface area contributed by atoms with Gasteiger partial charge in [0.05, 0.1) is 11.9 Å². The number of fused-ring (bicyclic) bond motifs is 1. The second-order valence-corrected chi connectivity index (χ2v) is 7.28. The molecule has 2 rings (SSSR count). The number of carbonyl (C=O) groups excluding carboxylic acids is 2. The summed E-state index contributed by atoms with van der Waals surface area (Å²) in [5.74, 6) is -0.314. The second kappa shape index (κ2) is 8.41. The van der Waals surface area contributed by atoms with E-state index < -0.39 is 5.91 Å². The van der Waals surface area contributed by atoms with Gasteiger partial charge in [-0.15, -0.1) is 11.3 Å². The fraction of sp³-hybridized carbons (Fsp3) is 0.529. The predicted octanol–water partition coefficient (Wildman–Crippen LogP) is 1.08. The molecule has 0 unspecified atom stereocenters. The summed E-state index contributed by atoms with van der Waals surface area (Å²) in [6.07, 6.45) is 0. The summed E-state index contributed by atoms with van der Waals surface area (Å²) >= 11 is 1.49. The van der Waals surface area contributed by atoms with Crippen molar-refractivity contribution in [2.75, 3.05) is 13.1 Å². The van der Waals surface area contributed by atoms with Crippen molar-refractivity contribution in [3.8, 4) is 0 Å². The topological polar surface area (TPSA) is 96.3 Å². The highest BCUT2D eigenvalue weighted by atomic mass is 32.1. The van der Waals surface area contributed by atoms with Crippen molar-refractivity contribution in [1.82, 2.24) is 25.3 Å². The van der Waals surface area contributed by atoms with Crippen LogP contribution in [-0.2, 0) is 22.7 Å². The summed E-state index contributed by atoms with van der Waals surface area (Å²) in [6, 6.07) is 0.